The van der Waals surface area contributed by atoms with Gasteiger partial charge in [-0.2, -0.15) is 0 Å². The van der Waals surface area contributed by atoms with Gasteiger partial charge in [0, 0.05) is 6.54 Å². The number of Topliss-reactive ketones (excluding diaryl/α,β-unsaturated/α-hetero) is 1. The summed E-state index contributed by atoms with van der Waals surface area (Å²) in [4.78, 5) is 26.4. The lowest BCUT2D eigenvalue weighted by molar-refractivity contribution is -0.128. The van der Waals surface area contributed by atoms with Crippen LogP contribution in [-0.4, -0.2) is 33.3 Å². The van der Waals surface area contributed by atoms with Gasteiger partial charge in [-0.3, -0.25) is 9.59 Å². The number of amides is 1. The molecule has 6 heteroatoms. The minimum Gasteiger partial charge on any atom is -0.508 e. The van der Waals surface area contributed by atoms with Crippen molar-refractivity contribution in [3.8, 4) is 5.75 Å². The van der Waals surface area contributed by atoms with E-state index in [1.165, 1.54) is 35.4 Å². The van der Waals surface area contributed by atoms with Crippen molar-refractivity contribution in [3.05, 3.63) is 78.0 Å². The molecule has 0 radical (unpaired) electrons. The molecular formula is C18H15NO5. The van der Waals surface area contributed by atoms with Gasteiger partial charge in [-0.25, -0.2) is 0 Å². The number of nitrogens with zero attached hydrogens (tertiary/aromatic N) is 1. The molecule has 2 heterocycles. The molecule has 1 aliphatic heterocycles. The van der Waals surface area contributed by atoms with Crippen LogP contribution in [0.5, 0.6) is 5.75 Å². The first-order valence-corrected chi connectivity index (χ1v) is 7.26. The molecule has 0 spiro atoms. The van der Waals surface area contributed by atoms with Crippen LogP contribution in [0, 0.1) is 0 Å². The van der Waals surface area contributed by atoms with Crippen molar-refractivity contribution in [1.29, 1.82) is 0 Å². The number of phenols is 1. The highest BCUT2D eigenvalue weighted by Crippen LogP contribution is 2.39. The van der Waals surface area contributed by atoms with Crippen LogP contribution in [0.15, 0.2) is 71.1 Å². The van der Waals surface area contributed by atoms with E-state index in [2.05, 4.69) is 6.58 Å². The molecular weight excluding hydrogens is 310 g/mol. The Balaban J connectivity index is 2.11. The van der Waals surface area contributed by atoms with Crippen molar-refractivity contribution < 1.29 is 24.2 Å². The molecule has 0 saturated carbocycles. The van der Waals surface area contributed by atoms with Crippen molar-refractivity contribution in [2.45, 2.75) is 6.04 Å². The van der Waals surface area contributed by atoms with Gasteiger partial charge >= 0.3 is 0 Å². The van der Waals surface area contributed by atoms with E-state index in [0.29, 0.717) is 5.56 Å². The average molecular weight is 325 g/mol. The van der Waals surface area contributed by atoms with Crippen LogP contribution < -0.4 is 0 Å². The summed E-state index contributed by atoms with van der Waals surface area (Å²) in [6.07, 6.45) is 2.86. The quantitative estimate of drug-likeness (QED) is 0.651. The molecule has 1 atom stereocenters. The van der Waals surface area contributed by atoms with Crippen molar-refractivity contribution >= 4 is 11.7 Å². The summed E-state index contributed by atoms with van der Waals surface area (Å²) in [5.41, 5.74) is 0.532. The highest BCUT2D eigenvalue weighted by Gasteiger charge is 2.43. The monoisotopic (exact) mass is 325 g/mol. The third-order valence-electron chi connectivity index (χ3n) is 3.83. The van der Waals surface area contributed by atoms with Gasteiger partial charge in [0.05, 0.1) is 17.9 Å². The molecule has 3 rings (SSSR count). The Labute approximate surface area is 137 Å². The lowest BCUT2D eigenvalue weighted by Crippen LogP contribution is -2.31. The van der Waals surface area contributed by atoms with E-state index in [1.807, 2.05) is 0 Å². The second-order valence-electron chi connectivity index (χ2n) is 5.31. The van der Waals surface area contributed by atoms with Crippen LogP contribution in [0.1, 0.15) is 22.2 Å². The maximum absolute atomic E-state index is 12.7. The molecule has 2 aromatic rings. The largest absolute Gasteiger partial charge is 0.508 e. The van der Waals surface area contributed by atoms with E-state index in [-0.39, 0.29) is 23.6 Å². The Bertz CT molecular complexity index is 818. The number of furan rings is 1. The second-order valence-corrected chi connectivity index (χ2v) is 5.31. The number of carbonyl (C=O) groups is 2. The molecule has 122 valence electrons. The summed E-state index contributed by atoms with van der Waals surface area (Å²) in [5, 5.41) is 19.7. The zero-order chi connectivity index (χ0) is 17.3. The molecule has 6 nitrogen and oxygen atoms in total. The number of aromatic hydroxyl groups is 1. The number of aliphatic hydroxyl groups excluding tert-OH is 1. The van der Waals surface area contributed by atoms with Crippen molar-refractivity contribution in [1.82, 2.24) is 4.90 Å². The van der Waals surface area contributed by atoms with Gasteiger partial charge in [0.2, 0.25) is 5.78 Å². The smallest absolute Gasteiger partial charge is 0.290 e. The van der Waals surface area contributed by atoms with Crippen molar-refractivity contribution in [2.24, 2.45) is 0 Å². The maximum Gasteiger partial charge on any atom is 0.290 e. The third kappa shape index (κ3) is 2.48. The first kappa shape index (κ1) is 15.6. The normalized spacial score (nSPS) is 17.4. The Kier molecular flexibility index (Phi) is 3.95. The number of aliphatic hydroxyl groups is 1. The third-order valence-corrected chi connectivity index (χ3v) is 3.83. The molecule has 1 aromatic heterocycles. The van der Waals surface area contributed by atoms with E-state index in [1.54, 1.807) is 18.2 Å². The lowest BCUT2D eigenvalue weighted by atomic mass is 9.95. The first-order valence-electron chi connectivity index (χ1n) is 7.26. The van der Waals surface area contributed by atoms with E-state index in [4.69, 9.17) is 4.42 Å². The van der Waals surface area contributed by atoms with E-state index < -0.39 is 23.5 Å². The highest BCUT2D eigenvalue weighted by atomic mass is 16.3. The molecule has 1 amide bonds. The first-order chi connectivity index (χ1) is 11.5. The Morgan fingerprint density at radius 3 is 2.54 bits per heavy atom. The number of rotatable bonds is 5. The van der Waals surface area contributed by atoms with Crippen LogP contribution in [0.25, 0.3) is 0 Å². The molecule has 1 aromatic carbocycles. The molecule has 24 heavy (non-hydrogen) atoms. The maximum atomic E-state index is 12.7. The predicted octanol–water partition coefficient (Wildman–Crippen LogP) is 2.75. The van der Waals surface area contributed by atoms with Gasteiger partial charge in [-0.1, -0.05) is 18.2 Å². The fourth-order valence-electron chi connectivity index (χ4n) is 2.76. The van der Waals surface area contributed by atoms with Crippen molar-refractivity contribution in [3.63, 3.8) is 0 Å². The summed E-state index contributed by atoms with van der Waals surface area (Å²) in [6, 6.07) is 8.34. The van der Waals surface area contributed by atoms with E-state index in [0.717, 1.165) is 0 Å². The summed E-state index contributed by atoms with van der Waals surface area (Å²) >= 11 is 0. The van der Waals surface area contributed by atoms with Gasteiger partial charge in [0.25, 0.3) is 5.91 Å². The summed E-state index contributed by atoms with van der Waals surface area (Å²) in [6.45, 7) is 3.76. The summed E-state index contributed by atoms with van der Waals surface area (Å²) in [5.74, 6) is -1.71. The number of benzene rings is 1. The zero-order valence-corrected chi connectivity index (χ0v) is 12.7. The van der Waals surface area contributed by atoms with Gasteiger partial charge in [0.1, 0.15) is 5.75 Å². The van der Waals surface area contributed by atoms with Crippen LogP contribution in [0.4, 0.5) is 0 Å². The Morgan fingerprint density at radius 1 is 1.25 bits per heavy atom. The molecule has 1 aliphatic rings. The Hall–Kier alpha value is -3.28. The van der Waals surface area contributed by atoms with Crippen LogP contribution in [-0.2, 0) is 4.79 Å². The number of carbonyl (C=O) groups excluding carboxylic acids is 2. The molecule has 0 saturated heterocycles. The number of hydrogen-bond acceptors (Lipinski definition) is 5. The van der Waals surface area contributed by atoms with Gasteiger partial charge < -0.3 is 19.5 Å². The minimum absolute atomic E-state index is 0.0357. The average Bonchev–Trinajstić information content (AvgIpc) is 3.19. The summed E-state index contributed by atoms with van der Waals surface area (Å²) < 4.78 is 5.11. The topological polar surface area (TPSA) is 91.0 Å². The highest BCUT2D eigenvalue weighted by molar-refractivity contribution is 6.15. The Morgan fingerprint density at radius 2 is 1.96 bits per heavy atom. The molecule has 0 bridgehead atoms. The minimum atomic E-state index is -0.784. The second kappa shape index (κ2) is 6.08. The number of phenolic OH excluding ortho intramolecular Hbond substituents is 1. The molecule has 1 unspecified atom stereocenters. The standard InChI is InChI=1S/C18H15NO5/c1-2-9-19-15(11-5-7-12(20)8-6-11)14(17(22)18(19)23)16(21)13-4-3-10-24-13/h2-8,10,15,20,22H,1,9H2. The van der Waals surface area contributed by atoms with Crippen molar-refractivity contribution in [2.75, 3.05) is 6.54 Å². The van der Waals surface area contributed by atoms with Crippen LogP contribution >= 0.6 is 0 Å². The SMILES string of the molecule is C=CCN1C(=O)C(O)=C(C(=O)c2ccco2)C1c1ccc(O)cc1. The van der Waals surface area contributed by atoms with E-state index in [9.17, 15) is 19.8 Å². The zero-order valence-electron chi connectivity index (χ0n) is 12.7. The van der Waals surface area contributed by atoms with Gasteiger partial charge in [-0.15, -0.1) is 6.58 Å². The number of ketones is 1. The fourth-order valence-corrected chi connectivity index (χ4v) is 2.76. The van der Waals surface area contributed by atoms with Crippen LogP contribution in [0.2, 0.25) is 0 Å². The molecule has 2 N–H and O–H groups in total. The molecule has 0 aliphatic carbocycles. The summed E-state index contributed by atoms with van der Waals surface area (Å²) in [7, 11) is 0. The molecule has 0 fully saturated rings. The fraction of sp³-hybridized carbons (Fsp3) is 0.111. The van der Waals surface area contributed by atoms with E-state index >= 15 is 0 Å². The van der Waals surface area contributed by atoms with Gasteiger partial charge in [-0.05, 0) is 29.8 Å². The van der Waals surface area contributed by atoms with Crippen LogP contribution in [0.3, 0.4) is 0 Å². The lowest BCUT2D eigenvalue weighted by Gasteiger charge is -2.25. The predicted molar refractivity (Wildman–Crippen MR) is 85.5 cm³/mol. The van der Waals surface area contributed by atoms with Gasteiger partial charge in [0.15, 0.2) is 11.5 Å². The number of hydrogen-bond donors (Lipinski definition) is 2.